The molecule has 3 aromatic rings. The van der Waals surface area contributed by atoms with Gasteiger partial charge in [0, 0.05) is 46.6 Å². The molecular weight excluding hydrogens is 400 g/mol. The van der Waals surface area contributed by atoms with Crippen molar-refractivity contribution in [3.8, 4) is 11.5 Å². The maximum Gasteiger partial charge on any atom is 0.338 e. The predicted octanol–water partition coefficient (Wildman–Crippen LogP) is 1.83. The fraction of sp³-hybridized carbons (Fsp3) is 0.259. The molecule has 160 valence electrons. The highest BCUT2D eigenvalue weighted by molar-refractivity contribution is 5.99. The maximum atomic E-state index is 12.7. The van der Waals surface area contributed by atoms with Gasteiger partial charge >= 0.3 is 5.97 Å². The zero-order valence-corrected chi connectivity index (χ0v) is 18.1. The van der Waals surface area contributed by atoms with Crippen molar-refractivity contribution in [2.45, 2.75) is 25.7 Å². The van der Waals surface area contributed by atoms with Crippen LogP contribution in [0.3, 0.4) is 0 Å². The van der Waals surface area contributed by atoms with Gasteiger partial charge in [0.05, 0.1) is 18.7 Å². The van der Waals surface area contributed by atoms with Crippen LogP contribution < -0.4 is 25.6 Å². The lowest BCUT2D eigenvalue weighted by Gasteiger charge is -2.26. The molecule has 0 bridgehead atoms. The molecule has 0 radical (unpaired) electrons. The average molecular weight is 426 g/mol. The first-order chi connectivity index (χ1) is 15.7. The van der Waals surface area contributed by atoms with Gasteiger partial charge in [-0.25, -0.2) is 9.79 Å². The van der Waals surface area contributed by atoms with Gasteiger partial charge in [-0.3, -0.25) is 0 Å². The molecule has 2 N–H and O–H groups in total. The van der Waals surface area contributed by atoms with E-state index in [1.165, 1.54) is 18.2 Å². The third-order valence-electron chi connectivity index (χ3n) is 6.65. The van der Waals surface area contributed by atoms with Gasteiger partial charge in [0.1, 0.15) is 18.0 Å². The summed E-state index contributed by atoms with van der Waals surface area (Å²) in [6.45, 7) is 1.95. The number of hydrogen-bond acceptors (Lipinski definition) is 4. The molecular formula is C27H25N2O3+. The Morgan fingerprint density at radius 1 is 1.00 bits per heavy atom. The summed E-state index contributed by atoms with van der Waals surface area (Å²) in [5.74, 6) is 1.30. The molecule has 3 aromatic carbocycles. The third kappa shape index (κ3) is 3.00. The van der Waals surface area contributed by atoms with Gasteiger partial charge in [0.15, 0.2) is 0 Å². The van der Waals surface area contributed by atoms with Crippen LogP contribution in [0.4, 0.5) is 5.69 Å². The molecule has 0 spiro atoms. The van der Waals surface area contributed by atoms with Crippen LogP contribution >= 0.6 is 0 Å². The number of rotatable bonds is 2. The minimum absolute atomic E-state index is 0.332. The minimum Gasteiger partial charge on any atom is -0.465 e. The molecule has 3 heterocycles. The van der Waals surface area contributed by atoms with Crippen LogP contribution in [0.2, 0.25) is 0 Å². The average Bonchev–Trinajstić information content (AvgIpc) is 2.84. The number of methoxy groups -OCH3 is 1. The fourth-order valence-corrected chi connectivity index (χ4v) is 5.10. The van der Waals surface area contributed by atoms with Crippen molar-refractivity contribution in [2.75, 3.05) is 25.5 Å². The summed E-state index contributed by atoms with van der Waals surface area (Å²) in [5, 5.41) is 5.67. The molecule has 0 amide bonds. The lowest BCUT2D eigenvalue weighted by Crippen LogP contribution is -2.79. The molecule has 5 heteroatoms. The first-order valence-electron chi connectivity index (χ1n) is 11.3. The number of hydrogen-bond donors (Lipinski definition) is 2. The number of ether oxygens (including phenoxy) is 2. The minimum atomic E-state index is -0.332. The number of anilines is 1. The van der Waals surface area contributed by atoms with E-state index in [1.54, 1.807) is 0 Å². The SMILES string of the molecule is COC(=O)c1ccccc1C1=c2cc3c(cc2Oc2cc4c(cc21)CCCN4)=[NH+]CCC3. The number of nitrogens with one attached hydrogen (secondary N) is 2. The molecule has 0 saturated carbocycles. The van der Waals surface area contributed by atoms with Gasteiger partial charge in [-0.05, 0) is 48.6 Å². The van der Waals surface area contributed by atoms with Crippen molar-refractivity contribution < 1.29 is 19.3 Å². The van der Waals surface area contributed by atoms with Gasteiger partial charge in [0.25, 0.3) is 0 Å². The van der Waals surface area contributed by atoms with E-state index in [-0.39, 0.29) is 5.97 Å². The van der Waals surface area contributed by atoms with E-state index < -0.39 is 0 Å². The molecule has 3 aliphatic heterocycles. The Bertz CT molecular complexity index is 1390. The van der Waals surface area contributed by atoms with Crippen LogP contribution in [0.5, 0.6) is 11.5 Å². The van der Waals surface area contributed by atoms with Crippen LogP contribution in [0, 0.1) is 0 Å². The second kappa shape index (κ2) is 7.52. The highest BCUT2D eigenvalue weighted by atomic mass is 16.5. The summed E-state index contributed by atoms with van der Waals surface area (Å²) in [5.41, 5.74) is 7.21. The van der Waals surface area contributed by atoms with Crippen LogP contribution in [0.25, 0.3) is 5.57 Å². The third-order valence-corrected chi connectivity index (χ3v) is 6.65. The monoisotopic (exact) mass is 425 g/mol. The maximum absolute atomic E-state index is 12.7. The number of benzene rings is 3. The van der Waals surface area contributed by atoms with E-state index in [9.17, 15) is 4.79 Å². The Morgan fingerprint density at radius 3 is 2.78 bits per heavy atom. The quantitative estimate of drug-likeness (QED) is 0.481. The van der Waals surface area contributed by atoms with Gasteiger partial charge in [-0.2, -0.15) is 0 Å². The Balaban J connectivity index is 1.71. The molecule has 5 nitrogen and oxygen atoms in total. The van der Waals surface area contributed by atoms with Gasteiger partial charge < -0.3 is 14.8 Å². The molecule has 0 saturated heterocycles. The topological polar surface area (TPSA) is 61.5 Å². The van der Waals surface area contributed by atoms with E-state index in [4.69, 9.17) is 9.47 Å². The summed E-state index contributed by atoms with van der Waals surface area (Å²) in [4.78, 5) is 16.2. The first kappa shape index (κ1) is 19.1. The highest BCUT2D eigenvalue weighted by Crippen LogP contribution is 2.41. The van der Waals surface area contributed by atoms with E-state index in [1.807, 2.05) is 24.3 Å². The molecule has 3 aliphatic rings. The number of carbonyl (C=O) groups excluding carboxylic acids is 1. The standard InChI is InChI=1S/C27H24N2O3/c1-31-27(30)19-9-3-2-8-18(19)26-20-12-16-6-4-10-28-22(16)14-24(20)32-25-15-23-17(13-21(25)26)7-5-11-29-23/h2-3,8-9,12-15,28H,4-7,10-11H2,1H3/p+1. The lowest BCUT2D eigenvalue weighted by atomic mass is 9.87. The van der Waals surface area contributed by atoms with Crippen molar-refractivity contribution in [3.05, 3.63) is 86.9 Å². The number of fused-ring (bicyclic) bond motifs is 4. The van der Waals surface area contributed by atoms with Crippen LogP contribution in [0.15, 0.2) is 48.5 Å². The fourth-order valence-electron chi connectivity index (χ4n) is 5.10. The zero-order chi connectivity index (χ0) is 21.7. The zero-order valence-electron chi connectivity index (χ0n) is 18.1. The number of esters is 1. The molecule has 0 atom stereocenters. The molecule has 6 rings (SSSR count). The summed E-state index contributed by atoms with van der Waals surface area (Å²) < 4.78 is 11.6. The Morgan fingerprint density at radius 2 is 1.88 bits per heavy atom. The van der Waals surface area contributed by atoms with E-state index in [0.717, 1.165) is 83.2 Å². The number of carbonyl (C=O) groups is 1. The van der Waals surface area contributed by atoms with Crippen molar-refractivity contribution in [2.24, 2.45) is 0 Å². The largest absolute Gasteiger partial charge is 0.465 e. The van der Waals surface area contributed by atoms with E-state index in [2.05, 4.69) is 34.6 Å². The molecule has 0 fully saturated rings. The van der Waals surface area contributed by atoms with Gasteiger partial charge in [0.2, 0.25) is 5.36 Å². The predicted molar refractivity (Wildman–Crippen MR) is 122 cm³/mol. The Hall–Kier alpha value is -3.60. The number of aryl methyl sites for hydroxylation is 2. The van der Waals surface area contributed by atoms with Gasteiger partial charge in [-0.15, -0.1) is 0 Å². The highest BCUT2D eigenvalue weighted by Gasteiger charge is 2.27. The van der Waals surface area contributed by atoms with Crippen LogP contribution in [-0.2, 0) is 17.6 Å². The van der Waals surface area contributed by atoms with Gasteiger partial charge in [-0.1, -0.05) is 18.2 Å². The second-order valence-electron chi connectivity index (χ2n) is 8.59. The Kier molecular flexibility index (Phi) is 4.49. The summed E-state index contributed by atoms with van der Waals surface area (Å²) >= 11 is 0. The van der Waals surface area contributed by atoms with Crippen molar-refractivity contribution >= 4 is 17.2 Å². The van der Waals surface area contributed by atoms with Crippen molar-refractivity contribution in [3.63, 3.8) is 0 Å². The first-order valence-corrected chi connectivity index (χ1v) is 11.3. The van der Waals surface area contributed by atoms with Crippen LogP contribution in [-0.4, -0.2) is 26.2 Å². The van der Waals surface area contributed by atoms with Crippen LogP contribution in [0.1, 0.15) is 45.5 Å². The second-order valence-corrected chi connectivity index (χ2v) is 8.59. The summed E-state index contributed by atoms with van der Waals surface area (Å²) in [6, 6.07) is 16.4. The molecule has 0 unspecified atom stereocenters. The smallest absolute Gasteiger partial charge is 0.338 e. The van der Waals surface area contributed by atoms with Crippen molar-refractivity contribution in [1.82, 2.24) is 0 Å². The molecule has 0 aliphatic carbocycles. The molecule has 32 heavy (non-hydrogen) atoms. The van der Waals surface area contributed by atoms with E-state index >= 15 is 0 Å². The lowest BCUT2D eigenvalue weighted by molar-refractivity contribution is -0.505. The van der Waals surface area contributed by atoms with E-state index in [0.29, 0.717) is 5.56 Å². The Labute approximate surface area is 186 Å². The molecule has 0 aromatic heterocycles. The summed E-state index contributed by atoms with van der Waals surface area (Å²) in [6.07, 6.45) is 4.28. The summed E-state index contributed by atoms with van der Waals surface area (Å²) in [7, 11) is 1.43. The normalized spacial score (nSPS) is 15.7. The van der Waals surface area contributed by atoms with Crippen molar-refractivity contribution in [1.29, 1.82) is 0 Å².